The van der Waals surface area contributed by atoms with Crippen molar-refractivity contribution in [2.75, 3.05) is 27.2 Å². The summed E-state index contributed by atoms with van der Waals surface area (Å²) in [5.41, 5.74) is 0. The van der Waals surface area contributed by atoms with Gasteiger partial charge in [-0.2, -0.15) is 4.31 Å². The standard InChI is InChI=1S/C14H20N4O3S2.HI/c1-15-14(17-11-12-5-3-9-21-12)16-7-8-18(2)23(19,20)13-6-4-10-22-13;/h3-6,9-10H,7-8,11H2,1-2H3,(H2,15,16,17);1H. The number of nitrogens with zero attached hydrogens (tertiary/aromatic N) is 2. The Balaban J connectivity index is 0.00000288. The lowest BCUT2D eigenvalue weighted by Gasteiger charge is -2.17. The molecule has 0 aliphatic carbocycles. The highest BCUT2D eigenvalue weighted by atomic mass is 127. The lowest BCUT2D eigenvalue weighted by Crippen LogP contribution is -2.41. The van der Waals surface area contributed by atoms with Gasteiger partial charge in [0.15, 0.2) is 5.96 Å². The third-order valence-electron chi connectivity index (χ3n) is 3.11. The summed E-state index contributed by atoms with van der Waals surface area (Å²) < 4.78 is 31.4. The van der Waals surface area contributed by atoms with Crippen molar-refractivity contribution in [3.05, 3.63) is 41.7 Å². The van der Waals surface area contributed by atoms with Gasteiger partial charge in [-0.3, -0.25) is 4.99 Å². The van der Waals surface area contributed by atoms with Crippen LogP contribution in [-0.2, 0) is 16.6 Å². The van der Waals surface area contributed by atoms with Crippen molar-refractivity contribution in [3.8, 4) is 0 Å². The number of aliphatic imine (C=N–C) groups is 1. The molecule has 0 saturated heterocycles. The second-order valence-electron chi connectivity index (χ2n) is 4.69. The summed E-state index contributed by atoms with van der Waals surface area (Å²) in [7, 11) is -0.190. The Morgan fingerprint density at radius 3 is 2.71 bits per heavy atom. The molecule has 0 aliphatic rings. The maximum absolute atomic E-state index is 12.3. The quantitative estimate of drug-likeness (QED) is 0.357. The Kier molecular flexibility index (Phi) is 8.73. The van der Waals surface area contributed by atoms with Crippen LogP contribution in [0.15, 0.2) is 49.5 Å². The molecule has 0 amide bonds. The number of nitrogens with one attached hydrogen (secondary N) is 2. The molecule has 0 bridgehead atoms. The maximum atomic E-state index is 12.3. The predicted molar refractivity (Wildman–Crippen MR) is 106 cm³/mol. The number of rotatable bonds is 7. The first-order valence-corrected chi connectivity index (χ1v) is 9.33. The summed E-state index contributed by atoms with van der Waals surface area (Å²) in [5.74, 6) is 1.38. The van der Waals surface area contributed by atoms with Crippen molar-refractivity contribution >= 4 is 51.3 Å². The van der Waals surface area contributed by atoms with Gasteiger partial charge in [0, 0.05) is 27.2 Å². The molecule has 0 saturated carbocycles. The number of hydrogen-bond donors (Lipinski definition) is 2. The van der Waals surface area contributed by atoms with Crippen molar-refractivity contribution in [1.29, 1.82) is 0 Å². The molecule has 0 aliphatic heterocycles. The third-order valence-corrected chi connectivity index (χ3v) is 6.34. The zero-order valence-corrected chi connectivity index (χ0v) is 17.4. The summed E-state index contributed by atoms with van der Waals surface area (Å²) in [6, 6.07) is 7.01. The normalized spacial score (nSPS) is 12.0. The molecule has 0 radical (unpaired) electrons. The van der Waals surface area contributed by atoms with Gasteiger partial charge in [0.2, 0.25) is 0 Å². The van der Waals surface area contributed by atoms with Crippen molar-refractivity contribution in [3.63, 3.8) is 0 Å². The number of guanidine groups is 1. The molecular formula is C14H21IN4O3S2. The van der Waals surface area contributed by atoms with Crippen LogP contribution >= 0.6 is 35.3 Å². The smallest absolute Gasteiger partial charge is 0.252 e. The SMILES string of the molecule is CN=C(NCCN(C)S(=O)(=O)c1cccs1)NCc1ccco1.I. The molecule has 0 unspecified atom stereocenters. The molecular weight excluding hydrogens is 463 g/mol. The van der Waals surface area contributed by atoms with Crippen LogP contribution in [0.4, 0.5) is 0 Å². The van der Waals surface area contributed by atoms with Gasteiger partial charge in [0.05, 0.1) is 12.8 Å². The van der Waals surface area contributed by atoms with Crippen LogP contribution < -0.4 is 10.6 Å². The minimum atomic E-state index is -3.41. The van der Waals surface area contributed by atoms with Gasteiger partial charge in [-0.1, -0.05) is 6.07 Å². The molecule has 2 rings (SSSR count). The number of likely N-dealkylation sites (N-methyl/N-ethyl adjacent to an activating group) is 1. The summed E-state index contributed by atoms with van der Waals surface area (Å²) in [5, 5.41) is 7.92. The van der Waals surface area contributed by atoms with E-state index in [0.29, 0.717) is 29.8 Å². The summed E-state index contributed by atoms with van der Waals surface area (Å²) in [6.07, 6.45) is 1.61. The number of hydrogen-bond acceptors (Lipinski definition) is 5. The fraction of sp³-hybridized carbons (Fsp3) is 0.357. The van der Waals surface area contributed by atoms with E-state index in [0.717, 1.165) is 5.76 Å². The van der Waals surface area contributed by atoms with Crippen LogP contribution in [0.3, 0.4) is 0 Å². The van der Waals surface area contributed by atoms with Gasteiger partial charge in [-0.25, -0.2) is 8.42 Å². The van der Waals surface area contributed by atoms with Crippen LogP contribution in [0.25, 0.3) is 0 Å². The van der Waals surface area contributed by atoms with E-state index in [1.165, 1.54) is 15.6 Å². The van der Waals surface area contributed by atoms with Crippen molar-refractivity contribution in [2.45, 2.75) is 10.8 Å². The first kappa shape index (κ1) is 20.9. The molecule has 0 spiro atoms. The van der Waals surface area contributed by atoms with E-state index < -0.39 is 10.0 Å². The molecule has 7 nitrogen and oxygen atoms in total. The number of sulfonamides is 1. The van der Waals surface area contributed by atoms with E-state index in [9.17, 15) is 8.42 Å². The van der Waals surface area contributed by atoms with E-state index in [1.807, 2.05) is 12.1 Å². The molecule has 2 aromatic rings. The van der Waals surface area contributed by atoms with Gasteiger partial charge in [0.25, 0.3) is 10.0 Å². The number of halogens is 1. The molecule has 0 atom stereocenters. The van der Waals surface area contributed by atoms with Crippen LogP contribution in [0.2, 0.25) is 0 Å². The predicted octanol–water partition coefficient (Wildman–Crippen LogP) is 1.94. The Morgan fingerprint density at radius 1 is 1.33 bits per heavy atom. The van der Waals surface area contributed by atoms with E-state index in [1.54, 1.807) is 37.9 Å². The van der Waals surface area contributed by atoms with Crippen LogP contribution in [-0.4, -0.2) is 45.9 Å². The average molecular weight is 484 g/mol. The molecule has 0 aromatic carbocycles. The van der Waals surface area contributed by atoms with Gasteiger partial charge in [0.1, 0.15) is 9.97 Å². The Labute approximate surface area is 163 Å². The maximum Gasteiger partial charge on any atom is 0.252 e. The van der Waals surface area contributed by atoms with Crippen molar-refractivity contribution in [1.82, 2.24) is 14.9 Å². The van der Waals surface area contributed by atoms with Gasteiger partial charge in [-0.05, 0) is 23.6 Å². The topological polar surface area (TPSA) is 86.9 Å². The highest BCUT2D eigenvalue weighted by Crippen LogP contribution is 2.19. The first-order valence-electron chi connectivity index (χ1n) is 7.01. The number of thiophene rings is 1. The Hall–Kier alpha value is -1.11. The molecule has 24 heavy (non-hydrogen) atoms. The van der Waals surface area contributed by atoms with E-state index in [2.05, 4.69) is 15.6 Å². The second-order valence-corrected chi connectivity index (χ2v) is 7.91. The molecule has 2 N–H and O–H groups in total. The van der Waals surface area contributed by atoms with Crippen LogP contribution in [0, 0.1) is 0 Å². The van der Waals surface area contributed by atoms with Gasteiger partial charge < -0.3 is 15.1 Å². The average Bonchev–Trinajstić information content (AvgIpc) is 3.23. The van der Waals surface area contributed by atoms with Crippen LogP contribution in [0.5, 0.6) is 0 Å². The monoisotopic (exact) mass is 484 g/mol. The summed E-state index contributed by atoms with van der Waals surface area (Å²) in [6.45, 7) is 1.29. The van der Waals surface area contributed by atoms with E-state index in [4.69, 9.17) is 4.42 Å². The summed E-state index contributed by atoms with van der Waals surface area (Å²) >= 11 is 1.21. The Morgan fingerprint density at radius 2 is 2.12 bits per heavy atom. The lowest BCUT2D eigenvalue weighted by molar-refractivity contribution is 0.470. The zero-order valence-electron chi connectivity index (χ0n) is 13.4. The van der Waals surface area contributed by atoms with Crippen LogP contribution in [0.1, 0.15) is 5.76 Å². The fourth-order valence-corrected chi connectivity index (χ4v) is 4.19. The molecule has 2 aromatic heterocycles. The van der Waals surface area contributed by atoms with Gasteiger partial charge >= 0.3 is 0 Å². The molecule has 0 fully saturated rings. The molecule has 10 heteroatoms. The van der Waals surface area contributed by atoms with E-state index in [-0.39, 0.29) is 24.0 Å². The molecule has 2 heterocycles. The fourth-order valence-electron chi connectivity index (χ4n) is 1.82. The summed E-state index contributed by atoms with van der Waals surface area (Å²) in [4.78, 5) is 4.08. The Bertz CT molecular complexity index is 715. The van der Waals surface area contributed by atoms with Crippen molar-refractivity contribution in [2.24, 2.45) is 4.99 Å². The zero-order chi connectivity index (χ0) is 16.7. The highest BCUT2D eigenvalue weighted by molar-refractivity contribution is 14.0. The largest absolute Gasteiger partial charge is 0.467 e. The second kappa shape index (κ2) is 10.0. The number of furan rings is 1. The highest BCUT2D eigenvalue weighted by Gasteiger charge is 2.21. The molecule has 134 valence electrons. The van der Waals surface area contributed by atoms with Gasteiger partial charge in [-0.15, -0.1) is 35.3 Å². The van der Waals surface area contributed by atoms with E-state index >= 15 is 0 Å². The third kappa shape index (κ3) is 5.76. The lowest BCUT2D eigenvalue weighted by atomic mass is 10.4. The minimum Gasteiger partial charge on any atom is -0.467 e. The van der Waals surface area contributed by atoms with Crippen molar-refractivity contribution < 1.29 is 12.8 Å². The first-order chi connectivity index (χ1) is 11.0. The minimum absolute atomic E-state index is 0.